The molecule has 0 bridgehead atoms. The van der Waals surface area contributed by atoms with Crippen LogP contribution in [0.15, 0.2) is 117 Å². The van der Waals surface area contributed by atoms with Crippen LogP contribution in [0.4, 0.5) is 4.39 Å². The first-order chi connectivity index (χ1) is 18.0. The van der Waals surface area contributed by atoms with Crippen molar-refractivity contribution < 1.29 is 8.81 Å². The zero-order valence-electron chi connectivity index (χ0n) is 19.1. The van der Waals surface area contributed by atoms with Gasteiger partial charge in [0.25, 0.3) is 0 Å². The standard InChI is InChI=1S/C29H17Br2FN4O/c30-22-11-7-18(8-12-22)27-28(19-9-13-23(31)14-10-19)37-29(33-27)21-4-2-6-25(16-21)36-17-26(34-35-36)20-3-1-5-24(32)15-20/h1-17H. The number of benzene rings is 4. The first kappa shape index (κ1) is 23.5. The molecule has 180 valence electrons. The Bertz CT molecular complexity index is 1650. The number of hydrogen-bond acceptors (Lipinski definition) is 4. The first-order valence-corrected chi connectivity index (χ1v) is 12.9. The van der Waals surface area contributed by atoms with E-state index in [1.807, 2.05) is 72.8 Å². The Labute approximate surface area is 228 Å². The fraction of sp³-hybridized carbons (Fsp3) is 0. The SMILES string of the molecule is Fc1cccc(-c2cn(-c3cccc(-c4nc(-c5ccc(Br)cc5)c(-c5ccc(Br)cc5)o4)c3)nn2)c1. The average molecular weight is 616 g/mol. The van der Waals surface area contributed by atoms with Crippen molar-refractivity contribution in [2.75, 3.05) is 0 Å². The van der Waals surface area contributed by atoms with E-state index in [-0.39, 0.29) is 5.82 Å². The van der Waals surface area contributed by atoms with Crippen LogP contribution < -0.4 is 0 Å². The highest BCUT2D eigenvalue weighted by Gasteiger charge is 2.19. The Morgan fingerprint density at radius 2 is 1.38 bits per heavy atom. The van der Waals surface area contributed by atoms with Crippen LogP contribution in [0.3, 0.4) is 0 Å². The van der Waals surface area contributed by atoms with Crippen LogP contribution in [-0.4, -0.2) is 20.0 Å². The average Bonchev–Trinajstić information content (AvgIpc) is 3.58. The third-order valence-corrected chi connectivity index (χ3v) is 6.88. The highest BCUT2D eigenvalue weighted by Crippen LogP contribution is 2.37. The maximum Gasteiger partial charge on any atom is 0.227 e. The number of nitrogens with zero attached hydrogens (tertiary/aromatic N) is 4. The summed E-state index contributed by atoms with van der Waals surface area (Å²) in [5.74, 6) is 0.855. The lowest BCUT2D eigenvalue weighted by Gasteiger charge is -2.02. The molecule has 0 aliphatic carbocycles. The van der Waals surface area contributed by atoms with Gasteiger partial charge in [-0.25, -0.2) is 14.1 Å². The van der Waals surface area contributed by atoms with Gasteiger partial charge in [0.1, 0.15) is 17.2 Å². The minimum absolute atomic E-state index is 0.318. The number of hydrogen-bond donors (Lipinski definition) is 0. The minimum atomic E-state index is -0.318. The van der Waals surface area contributed by atoms with E-state index in [1.54, 1.807) is 23.0 Å². The molecule has 8 heteroatoms. The second-order valence-electron chi connectivity index (χ2n) is 8.32. The van der Waals surface area contributed by atoms with Crippen LogP contribution in [0.2, 0.25) is 0 Å². The van der Waals surface area contributed by atoms with Gasteiger partial charge in [-0.2, -0.15) is 0 Å². The number of halogens is 3. The molecule has 2 aromatic heterocycles. The molecule has 4 aromatic carbocycles. The predicted molar refractivity (Wildman–Crippen MR) is 149 cm³/mol. The summed E-state index contributed by atoms with van der Waals surface area (Å²) < 4.78 is 23.7. The summed E-state index contributed by atoms with van der Waals surface area (Å²) in [6.07, 6.45) is 1.77. The summed E-state index contributed by atoms with van der Waals surface area (Å²) in [7, 11) is 0. The highest BCUT2D eigenvalue weighted by molar-refractivity contribution is 9.10. The van der Waals surface area contributed by atoms with Crippen LogP contribution in [0.5, 0.6) is 0 Å². The van der Waals surface area contributed by atoms with Crippen molar-refractivity contribution >= 4 is 31.9 Å². The summed E-state index contributed by atoms with van der Waals surface area (Å²) in [5.41, 5.74) is 5.44. The zero-order valence-corrected chi connectivity index (χ0v) is 22.3. The van der Waals surface area contributed by atoms with Crippen molar-refractivity contribution in [2.24, 2.45) is 0 Å². The molecule has 37 heavy (non-hydrogen) atoms. The summed E-state index contributed by atoms with van der Waals surface area (Å²) >= 11 is 7.00. The number of oxazole rings is 1. The summed E-state index contributed by atoms with van der Waals surface area (Å²) in [4.78, 5) is 4.90. The molecule has 0 radical (unpaired) electrons. The first-order valence-electron chi connectivity index (χ1n) is 11.4. The summed E-state index contributed by atoms with van der Waals surface area (Å²) in [6, 6.07) is 29.9. The van der Waals surface area contributed by atoms with Gasteiger partial charge in [0, 0.05) is 31.2 Å². The summed E-state index contributed by atoms with van der Waals surface area (Å²) in [6.45, 7) is 0. The fourth-order valence-corrected chi connectivity index (χ4v) is 4.52. The Kier molecular flexibility index (Phi) is 6.28. The van der Waals surface area contributed by atoms with Crippen molar-refractivity contribution in [1.82, 2.24) is 20.0 Å². The lowest BCUT2D eigenvalue weighted by molar-refractivity contribution is 0.589. The molecule has 0 saturated carbocycles. The van der Waals surface area contributed by atoms with Crippen LogP contribution in [0.1, 0.15) is 0 Å². The molecule has 0 amide bonds. The molecular weight excluding hydrogens is 599 g/mol. The molecule has 5 nitrogen and oxygen atoms in total. The number of aromatic nitrogens is 4. The molecular formula is C29H17Br2FN4O. The smallest absolute Gasteiger partial charge is 0.227 e. The monoisotopic (exact) mass is 614 g/mol. The fourth-order valence-electron chi connectivity index (χ4n) is 4.00. The van der Waals surface area contributed by atoms with Gasteiger partial charge < -0.3 is 4.42 Å². The third-order valence-electron chi connectivity index (χ3n) is 5.82. The zero-order chi connectivity index (χ0) is 25.4. The topological polar surface area (TPSA) is 56.7 Å². The molecule has 0 atom stereocenters. The van der Waals surface area contributed by atoms with Gasteiger partial charge >= 0.3 is 0 Å². The molecule has 2 heterocycles. The largest absolute Gasteiger partial charge is 0.435 e. The minimum Gasteiger partial charge on any atom is -0.435 e. The van der Waals surface area contributed by atoms with Gasteiger partial charge in [0.2, 0.25) is 5.89 Å². The van der Waals surface area contributed by atoms with Crippen molar-refractivity contribution in [2.45, 2.75) is 0 Å². The second-order valence-corrected chi connectivity index (χ2v) is 10.2. The van der Waals surface area contributed by atoms with E-state index in [1.165, 1.54) is 12.1 Å². The molecule has 0 aliphatic rings. The van der Waals surface area contributed by atoms with E-state index >= 15 is 0 Å². The van der Waals surface area contributed by atoms with Crippen molar-refractivity contribution in [1.29, 1.82) is 0 Å². The Morgan fingerprint density at radius 1 is 0.703 bits per heavy atom. The molecule has 0 fully saturated rings. The van der Waals surface area contributed by atoms with Crippen LogP contribution in [0.25, 0.3) is 51.0 Å². The van der Waals surface area contributed by atoms with Crippen molar-refractivity contribution in [3.63, 3.8) is 0 Å². The van der Waals surface area contributed by atoms with Gasteiger partial charge in [-0.1, -0.05) is 79.5 Å². The lowest BCUT2D eigenvalue weighted by Crippen LogP contribution is -1.95. The van der Waals surface area contributed by atoms with Crippen LogP contribution in [0, 0.1) is 5.82 Å². The van der Waals surface area contributed by atoms with E-state index < -0.39 is 0 Å². The predicted octanol–water partition coefficient (Wildman–Crippen LogP) is 8.59. The van der Waals surface area contributed by atoms with Gasteiger partial charge in [-0.3, -0.25) is 0 Å². The van der Waals surface area contributed by atoms with E-state index in [0.717, 1.165) is 37.0 Å². The van der Waals surface area contributed by atoms with E-state index in [2.05, 4.69) is 42.2 Å². The molecule has 6 rings (SSSR count). The van der Waals surface area contributed by atoms with Gasteiger partial charge in [0.05, 0.1) is 11.9 Å². The van der Waals surface area contributed by atoms with Gasteiger partial charge in [-0.15, -0.1) is 5.10 Å². The molecule has 0 unspecified atom stereocenters. The second kappa shape index (κ2) is 9.88. The van der Waals surface area contributed by atoms with E-state index in [0.29, 0.717) is 22.9 Å². The summed E-state index contributed by atoms with van der Waals surface area (Å²) in [5, 5.41) is 8.46. The van der Waals surface area contributed by atoms with Gasteiger partial charge in [-0.05, 0) is 54.6 Å². The van der Waals surface area contributed by atoms with Crippen molar-refractivity contribution in [3.05, 3.63) is 118 Å². The maximum absolute atomic E-state index is 13.7. The third kappa shape index (κ3) is 4.90. The molecule has 0 aliphatic heterocycles. The molecule has 6 aromatic rings. The van der Waals surface area contributed by atoms with Crippen molar-refractivity contribution in [3.8, 4) is 51.0 Å². The van der Waals surface area contributed by atoms with E-state index in [4.69, 9.17) is 9.40 Å². The quantitative estimate of drug-likeness (QED) is 0.195. The Hall–Kier alpha value is -3.88. The van der Waals surface area contributed by atoms with Gasteiger partial charge in [0.15, 0.2) is 5.76 Å². The van der Waals surface area contributed by atoms with Crippen LogP contribution >= 0.6 is 31.9 Å². The Balaban J connectivity index is 1.41. The normalized spacial score (nSPS) is 11.1. The highest BCUT2D eigenvalue weighted by atomic mass is 79.9. The Morgan fingerprint density at radius 3 is 2.11 bits per heavy atom. The van der Waals surface area contributed by atoms with Crippen LogP contribution in [-0.2, 0) is 0 Å². The lowest BCUT2D eigenvalue weighted by atomic mass is 10.1. The molecule has 0 spiro atoms. The number of rotatable bonds is 5. The molecule has 0 N–H and O–H groups in total. The maximum atomic E-state index is 13.7. The molecule has 0 saturated heterocycles. The van der Waals surface area contributed by atoms with E-state index in [9.17, 15) is 4.39 Å².